The zero-order chi connectivity index (χ0) is 12.4. The highest BCUT2D eigenvalue weighted by Gasteiger charge is 2.07. The van der Waals surface area contributed by atoms with E-state index in [-0.39, 0.29) is 0 Å². The van der Waals surface area contributed by atoms with Crippen molar-refractivity contribution < 1.29 is 4.74 Å². The molecule has 0 fully saturated rings. The first-order valence-electron chi connectivity index (χ1n) is 4.64. The Bertz CT molecular complexity index is 508. The maximum Gasteiger partial charge on any atom is 0.146 e. The first kappa shape index (κ1) is 13.4. The molecule has 2 aromatic rings. The molecule has 0 N–H and O–H groups in total. The molecular formula is C12H6Br3ClO. The van der Waals surface area contributed by atoms with Gasteiger partial charge in [0.25, 0.3) is 0 Å². The summed E-state index contributed by atoms with van der Waals surface area (Å²) in [7, 11) is 0. The second-order valence-corrected chi connectivity index (χ2v) is 6.34. The zero-order valence-corrected chi connectivity index (χ0v) is 13.9. The average molecular weight is 441 g/mol. The van der Waals surface area contributed by atoms with Gasteiger partial charge in [-0.15, -0.1) is 0 Å². The number of halogens is 4. The summed E-state index contributed by atoms with van der Waals surface area (Å²) >= 11 is 16.3. The van der Waals surface area contributed by atoms with Gasteiger partial charge in [-0.3, -0.25) is 0 Å². The van der Waals surface area contributed by atoms with Gasteiger partial charge in [-0.2, -0.15) is 0 Å². The maximum absolute atomic E-state index is 6.08. The van der Waals surface area contributed by atoms with Crippen LogP contribution in [0.3, 0.4) is 0 Å². The van der Waals surface area contributed by atoms with Gasteiger partial charge in [0.2, 0.25) is 0 Å². The predicted octanol–water partition coefficient (Wildman–Crippen LogP) is 6.42. The normalized spacial score (nSPS) is 10.4. The summed E-state index contributed by atoms with van der Waals surface area (Å²) in [6.45, 7) is 0. The quantitative estimate of drug-likeness (QED) is 0.523. The molecule has 0 atom stereocenters. The molecule has 0 spiro atoms. The van der Waals surface area contributed by atoms with Gasteiger partial charge < -0.3 is 4.74 Å². The van der Waals surface area contributed by atoms with Crippen LogP contribution in [0.1, 0.15) is 0 Å². The average Bonchev–Trinajstić information content (AvgIpc) is 2.25. The van der Waals surface area contributed by atoms with Gasteiger partial charge in [0.1, 0.15) is 11.5 Å². The van der Waals surface area contributed by atoms with E-state index in [1.807, 2.05) is 30.3 Å². The minimum atomic E-state index is 0.564. The molecule has 2 rings (SSSR count). The molecule has 17 heavy (non-hydrogen) atoms. The van der Waals surface area contributed by atoms with Crippen molar-refractivity contribution in [1.29, 1.82) is 0 Å². The smallest absolute Gasteiger partial charge is 0.146 e. The first-order chi connectivity index (χ1) is 8.06. The Morgan fingerprint density at radius 3 is 2.00 bits per heavy atom. The molecule has 0 aliphatic heterocycles. The van der Waals surface area contributed by atoms with E-state index in [4.69, 9.17) is 16.3 Å². The lowest BCUT2D eigenvalue weighted by atomic mass is 10.3. The summed E-state index contributed by atoms with van der Waals surface area (Å²) in [5.41, 5.74) is 0. The Balaban J connectivity index is 2.31. The lowest BCUT2D eigenvalue weighted by Gasteiger charge is -2.09. The molecule has 0 amide bonds. The fourth-order valence-corrected chi connectivity index (χ4v) is 3.07. The number of benzene rings is 2. The summed E-state index contributed by atoms with van der Waals surface area (Å²) < 4.78 is 8.50. The van der Waals surface area contributed by atoms with E-state index >= 15 is 0 Å². The summed E-state index contributed by atoms with van der Waals surface area (Å²) in [6.07, 6.45) is 0. The highest BCUT2D eigenvalue weighted by molar-refractivity contribution is 9.11. The molecule has 0 saturated carbocycles. The Hall–Kier alpha value is -0.0300. The molecular weight excluding hydrogens is 435 g/mol. The monoisotopic (exact) mass is 438 g/mol. The van der Waals surface area contributed by atoms with E-state index in [2.05, 4.69) is 47.8 Å². The third-order valence-electron chi connectivity index (χ3n) is 2.01. The third-order valence-corrected chi connectivity index (χ3v) is 3.91. The molecule has 0 radical (unpaired) electrons. The molecule has 0 aliphatic rings. The Labute approximate surface area is 130 Å². The maximum atomic E-state index is 6.08. The second kappa shape index (κ2) is 5.74. The molecule has 0 bridgehead atoms. The Kier molecular flexibility index (Phi) is 4.53. The minimum Gasteiger partial charge on any atom is -0.455 e. The molecule has 0 saturated heterocycles. The van der Waals surface area contributed by atoms with Gasteiger partial charge >= 0.3 is 0 Å². The van der Waals surface area contributed by atoms with Gasteiger partial charge in [-0.05, 0) is 52.3 Å². The largest absolute Gasteiger partial charge is 0.455 e. The second-order valence-electron chi connectivity index (χ2n) is 3.25. The van der Waals surface area contributed by atoms with Crippen LogP contribution in [0.5, 0.6) is 11.5 Å². The summed E-state index contributed by atoms with van der Waals surface area (Å²) in [4.78, 5) is 0. The van der Waals surface area contributed by atoms with Gasteiger partial charge in [-0.1, -0.05) is 43.5 Å². The third kappa shape index (κ3) is 3.47. The molecule has 0 aliphatic carbocycles. The van der Waals surface area contributed by atoms with E-state index in [9.17, 15) is 0 Å². The van der Waals surface area contributed by atoms with Gasteiger partial charge in [0.15, 0.2) is 0 Å². The van der Waals surface area contributed by atoms with Crippen LogP contribution in [0.15, 0.2) is 49.8 Å². The van der Waals surface area contributed by atoms with Crippen molar-refractivity contribution in [2.45, 2.75) is 0 Å². The Morgan fingerprint density at radius 1 is 0.824 bits per heavy atom. The van der Waals surface area contributed by atoms with Crippen LogP contribution in [0, 0.1) is 0 Å². The highest BCUT2D eigenvalue weighted by atomic mass is 79.9. The lowest BCUT2D eigenvalue weighted by Crippen LogP contribution is -1.86. The molecule has 1 nitrogen and oxygen atoms in total. The number of hydrogen-bond donors (Lipinski definition) is 0. The predicted molar refractivity (Wildman–Crippen MR) is 81.1 cm³/mol. The Morgan fingerprint density at radius 2 is 1.41 bits per heavy atom. The lowest BCUT2D eigenvalue weighted by molar-refractivity contribution is 0.479. The van der Waals surface area contributed by atoms with Gasteiger partial charge in [-0.25, -0.2) is 0 Å². The topological polar surface area (TPSA) is 9.23 Å². The van der Waals surface area contributed by atoms with Crippen LogP contribution < -0.4 is 4.74 Å². The van der Waals surface area contributed by atoms with Crippen molar-refractivity contribution in [1.82, 2.24) is 0 Å². The summed E-state index contributed by atoms with van der Waals surface area (Å²) in [5, 5.41) is 0.564. The van der Waals surface area contributed by atoms with Gasteiger partial charge in [0.05, 0.1) is 9.50 Å². The number of hydrogen-bond acceptors (Lipinski definition) is 1. The van der Waals surface area contributed by atoms with Crippen molar-refractivity contribution >= 4 is 59.4 Å². The van der Waals surface area contributed by atoms with Crippen LogP contribution in [0.4, 0.5) is 0 Å². The fourth-order valence-electron chi connectivity index (χ4n) is 1.23. The van der Waals surface area contributed by atoms with Crippen molar-refractivity contribution in [2.75, 3.05) is 0 Å². The molecule has 0 heterocycles. The van der Waals surface area contributed by atoms with Crippen LogP contribution in [0.2, 0.25) is 5.02 Å². The van der Waals surface area contributed by atoms with Crippen molar-refractivity contribution in [3.8, 4) is 11.5 Å². The summed E-state index contributed by atoms with van der Waals surface area (Å²) in [5.74, 6) is 1.34. The van der Waals surface area contributed by atoms with Gasteiger partial charge in [0, 0.05) is 8.95 Å². The number of rotatable bonds is 2. The minimum absolute atomic E-state index is 0.564. The molecule has 0 unspecified atom stereocenters. The van der Waals surface area contributed by atoms with Crippen LogP contribution >= 0.6 is 59.4 Å². The van der Waals surface area contributed by atoms with E-state index in [0.717, 1.165) is 19.2 Å². The van der Waals surface area contributed by atoms with Crippen molar-refractivity contribution in [3.63, 3.8) is 0 Å². The van der Waals surface area contributed by atoms with Crippen LogP contribution in [0.25, 0.3) is 0 Å². The van der Waals surface area contributed by atoms with E-state index in [0.29, 0.717) is 10.8 Å². The van der Waals surface area contributed by atoms with Crippen molar-refractivity contribution in [2.24, 2.45) is 0 Å². The van der Waals surface area contributed by atoms with E-state index < -0.39 is 0 Å². The number of ether oxygens (including phenoxy) is 1. The molecule has 5 heteroatoms. The fraction of sp³-hybridized carbons (Fsp3) is 0. The highest BCUT2D eigenvalue weighted by Crippen LogP contribution is 2.36. The van der Waals surface area contributed by atoms with E-state index in [1.165, 1.54) is 0 Å². The summed E-state index contributed by atoms with van der Waals surface area (Å²) in [6, 6.07) is 11.2. The molecule has 2 aromatic carbocycles. The standard InChI is InChI=1S/C12H6Br3ClO/c13-7-1-3-11(9(15)5-7)17-12-4-2-8(14)6-10(12)16/h1-6H. The molecule has 88 valence electrons. The van der Waals surface area contributed by atoms with E-state index in [1.54, 1.807) is 6.07 Å². The van der Waals surface area contributed by atoms with Crippen LogP contribution in [-0.2, 0) is 0 Å². The zero-order valence-electron chi connectivity index (χ0n) is 8.38. The van der Waals surface area contributed by atoms with Crippen LogP contribution in [-0.4, -0.2) is 0 Å². The van der Waals surface area contributed by atoms with Crippen molar-refractivity contribution in [3.05, 3.63) is 54.8 Å². The SMILES string of the molecule is Clc1cc(Br)ccc1Oc1ccc(Br)cc1Br. The first-order valence-corrected chi connectivity index (χ1v) is 7.40. The molecule has 0 aromatic heterocycles.